The fourth-order valence-corrected chi connectivity index (χ4v) is 3.16. The Hall–Kier alpha value is -4.08. The molecule has 0 atom stereocenters. The Morgan fingerprint density at radius 2 is 2.03 bits per heavy atom. The minimum atomic E-state index is -0.527. The third-order valence-electron chi connectivity index (χ3n) is 4.68. The van der Waals surface area contributed by atoms with Crippen LogP contribution in [0.1, 0.15) is 26.7 Å². The lowest BCUT2D eigenvalue weighted by Gasteiger charge is -2.07. The SMILES string of the molecule is CCCn1c(=O)[nH]c(=O)c2cc(-c3nc(-c4cccc(NC(=O)CC)c4)no3)cnc21. The van der Waals surface area contributed by atoms with Crippen LogP contribution in [0.15, 0.2) is 50.6 Å². The first-order valence-corrected chi connectivity index (χ1v) is 9.87. The van der Waals surface area contributed by atoms with E-state index in [0.717, 1.165) is 6.42 Å². The largest absolute Gasteiger partial charge is 0.334 e. The number of benzene rings is 1. The molecule has 4 rings (SSSR count). The zero-order chi connectivity index (χ0) is 22.0. The highest BCUT2D eigenvalue weighted by molar-refractivity contribution is 5.91. The standard InChI is InChI=1S/C21H20N6O4/c1-3-8-27-18-15(19(29)25-21(27)30)10-13(11-22-18)20-24-17(26-31-20)12-6-5-7-14(9-12)23-16(28)4-2/h5-7,9-11H,3-4,8H2,1-2H3,(H,23,28)(H,25,29,30). The monoisotopic (exact) mass is 420 g/mol. The number of hydrogen-bond acceptors (Lipinski definition) is 7. The fraction of sp³-hybridized carbons (Fsp3) is 0.238. The van der Waals surface area contributed by atoms with Gasteiger partial charge in [0.2, 0.25) is 11.7 Å². The van der Waals surface area contributed by atoms with E-state index in [1.165, 1.54) is 10.8 Å². The van der Waals surface area contributed by atoms with Crippen LogP contribution < -0.4 is 16.6 Å². The summed E-state index contributed by atoms with van der Waals surface area (Å²) in [5.74, 6) is 0.410. The second-order valence-electron chi connectivity index (χ2n) is 6.91. The number of amides is 1. The molecule has 10 nitrogen and oxygen atoms in total. The number of rotatable bonds is 6. The van der Waals surface area contributed by atoms with Gasteiger partial charge < -0.3 is 9.84 Å². The highest BCUT2D eigenvalue weighted by Crippen LogP contribution is 2.25. The quantitative estimate of drug-likeness (QED) is 0.489. The molecule has 158 valence electrons. The number of nitrogens with one attached hydrogen (secondary N) is 2. The normalized spacial score (nSPS) is 11.0. The van der Waals surface area contributed by atoms with Crippen LogP contribution in [-0.4, -0.2) is 30.6 Å². The van der Waals surface area contributed by atoms with Crippen LogP contribution in [0.2, 0.25) is 0 Å². The van der Waals surface area contributed by atoms with Crippen LogP contribution >= 0.6 is 0 Å². The van der Waals surface area contributed by atoms with Gasteiger partial charge in [0.15, 0.2) is 0 Å². The number of fused-ring (bicyclic) bond motifs is 1. The third-order valence-corrected chi connectivity index (χ3v) is 4.68. The number of anilines is 1. The molecule has 31 heavy (non-hydrogen) atoms. The van der Waals surface area contributed by atoms with Crippen LogP contribution in [0.5, 0.6) is 0 Å². The Morgan fingerprint density at radius 1 is 1.19 bits per heavy atom. The Morgan fingerprint density at radius 3 is 2.81 bits per heavy atom. The predicted octanol–water partition coefficient (Wildman–Crippen LogP) is 2.56. The summed E-state index contributed by atoms with van der Waals surface area (Å²) in [5.41, 5.74) is 1.03. The summed E-state index contributed by atoms with van der Waals surface area (Å²) < 4.78 is 6.79. The molecule has 0 spiro atoms. The van der Waals surface area contributed by atoms with Gasteiger partial charge in [-0.15, -0.1) is 0 Å². The molecular weight excluding hydrogens is 400 g/mol. The molecule has 0 unspecified atom stereocenters. The number of pyridine rings is 1. The molecule has 2 N–H and O–H groups in total. The van der Waals surface area contributed by atoms with Crippen molar-refractivity contribution in [1.29, 1.82) is 0 Å². The summed E-state index contributed by atoms with van der Waals surface area (Å²) in [6.07, 6.45) is 2.58. The van der Waals surface area contributed by atoms with Gasteiger partial charge in [0.1, 0.15) is 5.65 Å². The molecule has 0 saturated heterocycles. The van der Waals surface area contributed by atoms with Crippen molar-refractivity contribution in [3.63, 3.8) is 0 Å². The van der Waals surface area contributed by atoms with Gasteiger partial charge in [0, 0.05) is 30.4 Å². The average Bonchev–Trinajstić information content (AvgIpc) is 3.27. The first-order valence-electron chi connectivity index (χ1n) is 9.87. The number of carbonyl (C=O) groups excluding carboxylic acids is 1. The van der Waals surface area contributed by atoms with Gasteiger partial charge in [-0.1, -0.05) is 31.1 Å². The van der Waals surface area contributed by atoms with Crippen molar-refractivity contribution in [2.75, 3.05) is 5.32 Å². The molecule has 0 aliphatic rings. The van der Waals surface area contributed by atoms with Crippen molar-refractivity contribution in [2.45, 2.75) is 33.2 Å². The summed E-state index contributed by atoms with van der Waals surface area (Å²) in [4.78, 5) is 47.0. The zero-order valence-electron chi connectivity index (χ0n) is 17.0. The van der Waals surface area contributed by atoms with E-state index < -0.39 is 11.2 Å². The van der Waals surface area contributed by atoms with Crippen molar-refractivity contribution < 1.29 is 9.32 Å². The first-order chi connectivity index (χ1) is 15.0. The third kappa shape index (κ3) is 4.00. The Kier molecular flexibility index (Phi) is 5.44. The molecule has 0 aliphatic heterocycles. The van der Waals surface area contributed by atoms with Gasteiger partial charge in [0.05, 0.1) is 10.9 Å². The second-order valence-corrected chi connectivity index (χ2v) is 6.91. The molecule has 4 aromatic rings. The molecule has 3 heterocycles. The number of aryl methyl sites for hydroxylation is 1. The fourth-order valence-electron chi connectivity index (χ4n) is 3.16. The van der Waals surface area contributed by atoms with Crippen molar-refractivity contribution in [3.05, 3.63) is 57.4 Å². The number of hydrogen-bond donors (Lipinski definition) is 2. The number of aromatic amines is 1. The van der Waals surface area contributed by atoms with Crippen molar-refractivity contribution in [2.24, 2.45) is 0 Å². The number of aromatic nitrogens is 5. The summed E-state index contributed by atoms with van der Waals surface area (Å²) in [7, 11) is 0. The van der Waals surface area contributed by atoms with E-state index in [1.54, 1.807) is 37.3 Å². The Labute approximate surface area is 176 Å². The van der Waals surface area contributed by atoms with E-state index >= 15 is 0 Å². The lowest BCUT2D eigenvalue weighted by molar-refractivity contribution is -0.115. The second kappa shape index (κ2) is 8.34. The van der Waals surface area contributed by atoms with Crippen molar-refractivity contribution in [1.82, 2.24) is 24.7 Å². The van der Waals surface area contributed by atoms with Gasteiger partial charge in [-0.2, -0.15) is 4.98 Å². The summed E-state index contributed by atoms with van der Waals surface area (Å²) in [6, 6.07) is 8.66. The maximum Gasteiger partial charge on any atom is 0.329 e. The van der Waals surface area contributed by atoms with E-state index in [-0.39, 0.29) is 17.2 Å². The molecule has 1 amide bonds. The first kappa shape index (κ1) is 20.2. The van der Waals surface area contributed by atoms with E-state index in [4.69, 9.17) is 4.52 Å². The lowest BCUT2D eigenvalue weighted by atomic mass is 10.2. The zero-order valence-corrected chi connectivity index (χ0v) is 17.0. The molecular formula is C21H20N6O4. The minimum absolute atomic E-state index is 0.0973. The molecule has 0 fully saturated rings. The van der Waals surface area contributed by atoms with E-state index in [9.17, 15) is 14.4 Å². The van der Waals surface area contributed by atoms with Crippen LogP contribution in [0.4, 0.5) is 5.69 Å². The molecule has 0 bridgehead atoms. The summed E-state index contributed by atoms with van der Waals surface area (Å²) in [6.45, 7) is 4.14. The average molecular weight is 420 g/mol. The van der Waals surface area contributed by atoms with E-state index in [0.29, 0.717) is 41.3 Å². The molecule has 0 radical (unpaired) electrons. The van der Waals surface area contributed by atoms with Gasteiger partial charge in [0.25, 0.3) is 11.4 Å². The highest BCUT2D eigenvalue weighted by Gasteiger charge is 2.15. The maximum atomic E-state index is 12.3. The van der Waals surface area contributed by atoms with Crippen LogP contribution in [-0.2, 0) is 11.3 Å². The Bertz CT molecular complexity index is 1380. The number of nitrogens with zero attached hydrogens (tertiary/aromatic N) is 4. The van der Waals surface area contributed by atoms with Crippen molar-refractivity contribution >= 4 is 22.6 Å². The van der Waals surface area contributed by atoms with Crippen LogP contribution in [0, 0.1) is 0 Å². The predicted molar refractivity (Wildman–Crippen MR) is 115 cm³/mol. The minimum Gasteiger partial charge on any atom is -0.334 e. The maximum absolute atomic E-state index is 12.3. The van der Waals surface area contributed by atoms with Crippen molar-refractivity contribution in [3.8, 4) is 22.8 Å². The topological polar surface area (TPSA) is 136 Å². The molecule has 3 aromatic heterocycles. The summed E-state index contributed by atoms with van der Waals surface area (Å²) in [5, 5.41) is 7.04. The van der Waals surface area contributed by atoms with Crippen LogP contribution in [0.3, 0.4) is 0 Å². The molecule has 0 aliphatic carbocycles. The van der Waals surface area contributed by atoms with Gasteiger partial charge in [-0.3, -0.25) is 19.1 Å². The van der Waals surface area contributed by atoms with Crippen LogP contribution in [0.25, 0.3) is 33.9 Å². The summed E-state index contributed by atoms with van der Waals surface area (Å²) >= 11 is 0. The molecule has 0 saturated carbocycles. The number of carbonyl (C=O) groups is 1. The molecule has 10 heteroatoms. The number of H-pyrrole nitrogens is 1. The van der Waals surface area contributed by atoms with Gasteiger partial charge in [-0.25, -0.2) is 9.78 Å². The van der Waals surface area contributed by atoms with Gasteiger partial charge >= 0.3 is 5.69 Å². The van der Waals surface area contributed by atoms with E-state index in [2.05, 4.69) is 25.4 Å². The Balaban J connectivity index is 1.71. The lowest BCUT2D eigenvalue weighted by Crippen LogP contribution is -2.30. The van der Waals surface area contributed by atoms with E-state index in [1.807, 2.05) is 6.92 Å². The van der Waals surface area contributed by atoms with Gasteiger partial charge in [-0.05, 0) is 24.6 Å². The smallest absolute Gasteiger partial charge is 0.329 e. The molecule has 1 aromatic carbocycles. The highest BCUT2D eigenvalue weighted by atomic mass is 16.5.